The summed E-state index contributed by atoms with van der Waals surface area (Å²) in [5.74, 6) is -0.786. The molecule has 0 saturated carbocycles. The number of carboxylic acids is 1. The summed E-state index contributed by atoms with van der Waals surface area (Å²) in [7, 11) is 0. The first-order chi connectivity index (χ1) is 8.00. The molecule has 1 rings (SSSR count). The van der Waals surface area contributed by atoms with Crippen LogP contribution in [0, 0.1) is 5.92 Å². The lowest BCUT2D eigenvalue weighted by Crippen LogP contribution is -2.38. The summed E-state index contributed by atoms with van der Waals surface area (Å²) < 4.78 is 0. The fourth-order valence-corrected chi connectivity index (χ4v) is 1.65. The number of nitrogens with zero attached hydrogens (tertiary/aromatic N) is 1. The molecule has 1 aromatic carbocycles. The van der Waals surface area contributed by atoms with E-state index >= 15 is 0 Å². The van der Waals surface area contributed by atoms with Crippen molar-refractivity contribution in [1.29, 1.82) is 0 Å². The Morgan fingerprint density at radius 1 is 1.24 bits per heavy atom. The van der Waals surface area contributed by atoms with Crippen LogP contribution in [0.3, 0.4) is 0 Å². The molecular weight excluding hydrogens is 218 g/mol. The van der Waals surface area contributed by atoms with Crippen LogP contribution in [-0.4, -0.2) is 35.4 Å². The predicted molar refractivity (Wildman–Crippen MR) is 67.1 cm³/mol. The van der Waals surface area contributed by atoms with Gasteiger partial charge in [0.2, 0.25) is 0 Å². The van der Waals surface area contributed by atoms with Crippen molar-refractivity contribution in [1.82, 2.24) is 0 Å². The number of hydrogen-bond donors (Lipinski definition) is 2. The Bertz CT molecular complexity index is 351. The molecule has 2 N–H and O–H groups in total. The van der Waals surface area contributed by atoms with Crippen LogP contribution < -0.4 is 4.90 Å². The molecule has 0 amide bonds. The highest BCUT2D eigenvalue weighted by atomic mass is 16.4. The van der Waals surface area contributed by atoms with E-state index < -0.39 is 12.1 Å². The van der Waals surface area contributed by atoms with E-state index in [4.69, 9.17) is 5.11 Å². The first-order valence-corrected chi connectivity index (χ1v) is 5.71. The molecule has 0 unspecified atom stereocenters. The number of carboxylic acid groups (broad SMARTS) is 1. The van der Waals surface area contributed by atoms with E-state index in [9.17, 15) is 9.90 Å². The van der Waals surface area contributed by atoms with Gasteiger partial charge < -0.3 is 15.1 Å². The number of aliphatic carboxylic acids is 1. The summed E-state index contributed by atoms with van der Waals surface area (Å²) in [6, 6.07) is 9.53. The quantitative estimate of drug-likeness (QED) is 0.789. The smallest absolute Gasteiger partial charge is 0.334 e. The van der Waals surface area contributed by atoms with Gasteiger partial charge in [0.1, 0.15) is 0 Å². The van der Waals surface area contributed by atoms with Gasteiger partial charge in [0, 0.05) is 12.2 Å². The number of rotatable bonds is 6. The summed E-state index contributed by atoms with van der Waals surface area (Å²) in [6.07, 6.45) is -1.35. The maximum Gasteiger partial charge on any atom is 0.334 e. The van der Waals surface area contributed by atoms with Crippen LogP contribution in [0.25, 0.3) is 0 Å². The Morgan fingerprint density at radius 2 is 1.82 bits per heavy atom. The Kier molecular flexibility index (Phi) is 4.97. The zero-order valence-electron chi connectivity index (χ0n) is 10.2. The molecule has 0 aromatic heterocycles. The third-order valence-corrected chi connectivity index (χ3v) is 2.39. The van der Waals surface area contributed by atoms with E-state index in [2.05, 4.69) is 13.8 Å². The molecule has 1 aromatic rings. The molecule has 0 aliphatic rings. The van der Waals surface area contributed by atoms with Crippen LogP contribution in [0.2, 0.25) is 0 Å². The van der Waals surface area contributed by atoms with Crippen molar-refractivity contribution in [2.75, 3.05) is 18.0 Å². The number of para-hydroxylation sites is 1. The minimum absolute atomic E-state index is 0.109. The van der Waals surface area contributed by atoms with Gasteiger partial charge in [-0.3, -0.25) is 0 Å². The van der Waals surface area contributed by atoms with E-state index in [1.807, 2.05) is 35.2 Å². The number of aliphatic hydroxyl groups is 1. The van der Waals surface area contributed by atoms with Gasteiger partial charge in [-0.25, -0.2) is 4.79 Å². The number of hydrogen-bond acceptors (Lipinski definition) is 3. The lowest BCUT2D eigenvalue weighted by Gasteiger charge is -2.27. The van der Waals surface area contributed by atoms with Gasteiger partial charge in [0.05, 0.1) is 6.54 Å². The monoisotopic (exact) mass is 237 g/mol. The van der Waals surface area contributed by atoms with E-state index in [1.165, 1.54) is 0 Å². The average molecular weight is 237 g/mol. The maximum atomic E-state index is 10.7. The van der Waals surface area contributed by atoms with Crippen LogP contribution in [-0.2, 0) is 4.79 Å². The standard InChI is InChI=1S/C13H19NO3/c1-10(2)8-14(9-12(15)13(16)17)11-6-4-3-5-7-11/h3-7,10,12,15H,8-9H2,1-2H3,(H,16,17)/t12-/m1/s1. The van der Waals surface area contributed by atoms with E-state index in [0.717, 1.165) is 5.69 Å². The first-order valence-electron chi connectivity index (χ1n) is 5.71. The van der Waals surface area contributed by atoms with Gasteiger partial charge in [-0.1, -0.05) is 32.0 Å². The predicted octanol–water partition coefficient (Wildman–Crippen LogP) is 1.59. The second kappa shape index (κ2) is 6.25. The van der Waals surface area contributed by atoms with Gasteiger partial charge in [0.15, 0.2) is 6.10 Å². The highest BCUT2D eigenvalue weighted by Crippen LogP contribution is 2.15. The van der Waals surface area contributed by atoms with Crippen LogP contribution in [0.4, 0.5) is 5.69 Å². The molecule has 0 aliphatic heterocycles. The van der Waals surface area contributed by atoms with Crippen molar-refractivity contribution in [3.63, 3.8) is 0 Å². The fourth-order valence-electron chi connectivity index (χ4n) is 1.65. The van der Waals surface area contributed by atoms with Gasteiger partial charge in [-0.15, -0.1) is 0 Å². The zero-order chi connectivity index (χ0) is 12.8. The first kappa shape index (κ1) is 13.5. The van der Waals surface area contributed by atoms with Gasteiger partial charge in [-0.2, -0.15) is 0 Å². The SMILES string of the molecule is CC(C)CN(C[C@@H](O)C(=O)O)c1ccccc1. The average Bonchev–Trinajstić information content (AvgIpc) is 2.28. The molecule has 0 saturated heterocycles. The number of anilines is 1. The van der Waals surface area contributed by atoms with Crippen LogP contribution in [0.15, 0.2) is 30.3 Å². The molecule has 0 fully saturated rings. The third-order valence-electron chi connectivity index (χ3n) is 2.39. The molecule has 4 heteroatoms. The minimum Gasteiger partial charge on any atom is -0.479 e. The number of carbonyl (C=O) groups is 1. The van der Waals surface area contributed by atoms with Gasteiger partial charge >= 0.3 is 5.97 Å². The number of benzene rings is 1. The van der Waals surface area contributed by atoms with Crippen molar-refractivity contribution in [3.8, 4) is 0 Å². The van der Waals surface area contributed by atoms with Crippen molar-refractivity contribution in [3.05, 3.63) is 30.3 Å². The number of aliphatic hydroxyl groups excluding tert-OH is 1. The van der Waals surface area contributed by atoms with Crippen LogP contribution in [0.1, 0.15) is 13.8 Å². The lowest BCUT2D eigenvalue weighted by atomic mass is 10.1. The van der Waals surface area contributed by atoms with E-state index in [0.29, 0.717) is 12.5 Å². The van der Waals surface area contributed by atoms with Crippen molar-refractivity contribution >= 4 is 11.7 Å². The van der Waals surface area contributed by atoms with Gasteiger partial charge in [0.25, 0.3) is 0 Å². The summed E-state index contributed by atoms with van der Waals surface area (Å²) in [5, 5.41) is 18.2. The van der Waals surface area contributed by atoms with Crippen LogP contribution in [0.5, 0.6) is 0 Å². The highest BCUT2D eigenvalue weighted by molar-refractivity contribution is 5.73. The highest BCUT2D eigenvalue weighted by Gasteiger charge is 2.18. The molecule has 94 valence electrons. The van der Waals surface area contributed by atoms with Gasteiger partial charge in [-0.05, 0) is 18.1 Å². The summed E-state index contributed by atoms with van der Waals surface area (Å²) in [4.78, 5) is 12.6. The molecule has 0 spiro atoms. The molecule has 17 heavy (non-hydrogen) atoms. The fraction of sp³-hybridized carbons (Fsp3) is 0.462. The van der Waals surface area contributed by atoms with Crippen molar-refractivity contribution in [2.45, 2.75) is 20.0 Å². The molecule has 1 atom stereocenters. The van der Waals surface area contributed by atoms with Crippen molar-refractivity contribution < 1.29 is 15.0 Å². The largest absolute Gasteiger partial charge is 0.479 e. The Labute approximate surface area is 101 Å². The second-order valence-electron chi connectivity index (χ2n) is 4.49. The Morgan fingerprint density at radius 3 is 2.29 bits per heavy atom. The normalized spacial score (nSPS) is 12.5. The molecule has 4 nitrogen and oxygen atoms in total. The second-order valence-corrected chi connectivity index (χ2v) is 4.49. The molecule has 0 aliphatic carbocycles. The summed E-state index contributed by atoms with van der Waals surface area (Å²) >= 11 is 0. The van der Waals surface area contributed by atoms with Crippen LogP contribution >= 0.6 is 0 Å². The molecule has 0 heterocycles. The zero-order valence-corrected chi connectivity index (χ0v) is 10.2. The molecule has 0 radical (unpaired) electrons. The maximum absolute atomic E-state index is 10.7. The Hall–Kier alpha value is -1.55. The summed E-state index contributed by atoms with van der Waals surface area (Å²) in [6.45, 7) is 4.94. The van der Waals surface area contributed by atoms with E-state index in [1.54, 1.807) is 0 Å². The van der Waals surface area contributed by atoms with E-state index in [-0.39, 0.29) is 6.54 Å². The molecule has 0 bridgehead atoms. The Balaban J connectivity index is 2.77. The lowest BCUT2D eigenvalue weighted by molar-refractivity contribution is -0.146. The third kappa shape index (κ3) is 4.44. The summed E-state index contributed by atoms with van der Waals surface area (Å²) in [5.41, 5.74) is 0.932. The van der Waals surface area contributed by atoms with Crippen molar-refractivity contribution in [2.24, 2.45) is 5.92 Å². The topological polar surface area (TPSA) is 60.8 Å². The minimum atomic E-state index is -1.35. The molecular formula is C13H19NO3.